The smallest absolute Gasteiger partial charge is 0.408 e. The van der Waals surface area contributed by atoms with Crippen molar-refractivity contribution >= 4 is 11.1 Å². The highest BCUT2D eigenvalue weighted by molar-refractivity contribution is 5.73. The summed E-state index contributed by atoms with van der Waals surface area (Å²) in [6.45, 7) is 0. The number of aliphatic hydroxyl groups excluding tert-OH is 1. The van der Waals surface area contributed by atoms with Crippen molar-refractivity contribution in [2.45, 2.75) is 6.10 Å². The van der Waals surface area contributed by atoms with Crippen molar-refractivity contribution in [1.82, 2.24) is 9.97 Å². The lowest BCUT2D eigenvalue weighted by atomic mass is 10.0. The first kappa shape index (κ1) is 10.7. The average molecular weight is 242 g/mol. The fraction of sp³-hybridized carbons (Fsp3) is 0.0769. The monoisotopic (exact) mass is 242 g/mol. The first-order valence-corrected chi connectivity index (χ1v) is 5.45. The van der Waals surface area contributed by atoms with Gasteiger partial charge in [-0.15, -0.1) is 0 Å². The summed E-state index contributed by atoms with van der Waals surface area (Å²) in [5.74, 6) is -0.499. The molecule has 0 saturated carbocycles. The molecule has 0 aliphatic carbocycles. The van der Waals surface area contributed by atoms with E-state index < -0.39 is 11.9 Å². The number of hydrogen-bond acceptors (Lipinski definition) is 4. The number of fused-ring (bicyclic) bond motifs is 1. The number of benzene rings is 1. The molecule has 1 aromatic carbocycles. The third kappa shape index (κ3) is 1.80. The minimum atomic E-state index is -0.754. The molecule has 5 nitrogen and oxygen atoms in total. The van der Waals surface area contributed by atoms with Gasteiger partial charge in [0.05, 0.1) is 5.52 Å². The third-order valence-electron chi connectivity index (χ3n) is 2.78. The number of hydrogen-bond donors (Lipinski definition) is 2. The van der Waals surface area contributed by atoms with E-state index in [0.29, 0.717) is 16.7 Å². The van der Waals surface area contributed by atoms with Crippen LogP contribution in [0.3, 0.4) is 0 Å². The Morgan fingerprint density at radius 2 is 1.94 bits per heavy atom. The molecule has 0 aliphatic rings. The van der Waals surface area contributed by atoms with Crippen LogP contribution in [0.1, 0.15) is 17.2 Å². The summed E-state index contributed by atoms with van der Waals surface area (Å²) >= 11 is 0. The lowest BCUT2D eigenvalue weighted by Gasteiger charge is -2.10. The molecule has 1 atom stereocenters. The number of oxazole rings is 1. The molecular weight excluding hydrogens is 232 g/mol. The molecule has 90 valence electrons. The van der Waals surface area contributed by atoms with Crippen LogP contribution in [0.25, 0.3) is 11.1 Å². The Morgan fingerprint density at radius 1 is 1.17 bits per heavy atom. The highest BCUT2D eigenvalue weighted by Gasteiger charge is 2.11. The van der Waals surface area contributed by atoms with Gasteiger partial charge in [0, 0.05) is 12.4 Å². The topological polar surface area (TPSA) is 79.1 Å². The van der Waals surface area contributed by atoms with Crippen molar-refractivity contribution in [3.05, 3.63) is 64.4 Å². The van der Waals surface area contributed by atoms with Gasteiger partial charge in [-0.3, -0.25) is 9.97 Å². The molecule has 0 bridgehead atoms. The molecule has 18 heavy (non-hydrogen) atoms. The van der Waals surface area contributed by atoms with Crippen molar-refractivity contribution < 1.29 is 9.52 Å². The summed E-state index contributed by atoms with van der Waals surface area (Å²) in [5.41, 5.74) is 2.48. The third-order valence-corrected chi connectivity index (χ3v) is 2.78. The van der Waals surface area contributed by atoms with Crippen molar-refractivity contribution in [2.75, 3.05) is 0 Å². The Kier molecular flexibility index (Phi) is 2.46. The van der Waals surface area contributed by atoms with Gasteiger partial charge < -0.3 is 9.52 Å². The predicted molar refractivity (Wildman–Crippen MR) is 65.1 cm³/mol. The van der Waals surface area contributed by atoms with E-state index in [1.54, 1.807) is 42.7 Å². The van der Waals surface area contributed by atoms with Gasteiger partial charge in [-0.2, -0.15) is 0 Å². The number of rotatable bonds is 2. The molecule has 0 saturated heterocycles. The van der Waals surface area contributed by atoms with E-state index in [1.807, 2.05) is 0 Å². The molecule has 5 heteroatoms. The second kappa shape index (κ2) is 4.12. The normalized spacial score (nSPS) is 12.7. The summed E-state index contributed by atoms with van der Waals surface area (Å²) in [6.07, 6.45) is 2.49. The summed E-state index contributed by atoms with van der Waals surface area (Å²) in [5, 5.41) is 10.2. The molecule has 2 heterocycles. The molecule has 0 radical (unpaired) electrons. The van der Waals surface area contributed by atoms with E-state index in [1.165, 1.54) is 0 Å². The fourth-order valence-electron chi connectivity index (χ4n) is 1.88. The summed E-state index contributed by atoms with van der Waals surface area (Å²) in [7, 11) is 0. The summed E-state index contributed by atoms with van der Waals surface area (Å²) in [6, 6.07) is 8.57. The van der Waals surface area contributed by atoms with E-state index in [-0.39, 0.29) is 0 Å². The zero-order chi connectivity index (χ0) is 12.5. The number of aliphatic hydroxyl groups is 1. The molecular formula is C13H10N2O3. The van der Waals surface area contributed by atoms with E-state index in [4.69, 9.17) is 4.42 Å². The molecule has 2 aromatic heterocycles. The van der Waals surface area contributed by atoms with Gasteiger partial charge in [-0.1, -0.05) is 6.07 Å². The minimum absolute atomic E-state index is 0.477. The number of H-pyrrole nitrogens is 1. The molecule has 0 spiro atoms. The maximum absolute atomic E-state index is 11.0. The number of aromatic amines is 1. The van der Waals surface area contributed by atoms with Crippen LogP contribution in [-0.4, -0.2) is 15.1 Å². The second-order valence-corrected chi connectivity index (χ2v) is 3.95. The maximum Gasteiger partial charge on any atom is 0.417 e. The van der Waals surface area contributed by atoms with Crippen LogP contribution < -0.4 is 5.76 Å². The van der Waals surface area contributed by atoms with E-state index in [2.05, 4.69) is 9.97 Å². The van der Waals surface area contributed by atoms with Crippen molar-refractivity contribution in [2.24, 2.45) is 0 Å². The molecule has 0 aliphatic heterocycles. The quantitative estimate of drug-likeness (QED) is 0.715. The summed E-state index contributed by atoms with van der Waals surface area (Å²) < 4.78 is 4.91. The van der Waals surface area contributed by atoms with Crippen LogP contribution >= 0.6 is 0 Å². The highest BCUT2D eigenvalue weighted by Crippen LogP contribution is 2.23. The van der Waals surface area contributed by atoms with Crippen molar-refractivity contribution in [3.8, 4) is 0 Å². The standard InChI is InChI=1S/C13H10N2O3/c16-12(8-3-5-14-6-4-8)9-1-2-11-10(7-9)15-13(17)18-11/h1-7,12,16H,(H,15,17). The Bertz CT molecular complexity index is 731. The first-order chi connectivity index (χ1) is 8.74. The van der Waals surface area contributed by atoms with Gasteiger partial charge in [0.1, 0.15) is 6.10 Å². The fourth-order valence-corrected chi connectivity index (χ4v) is 1.88. The van der Waals surface area contributed by atoms with Gasteiger partial charge in [0.25, 0.3) is 0 Å². The number of nitrogens with zero attached hydrogens (tertiary/aromatic N) is 1. The van der Waals surface area contributed by atoms with Crippen LogP contribution in [0, 0.1) is 0 Å². The molecule has 0 fully saturated rings. The van der Waals surface area contributed by atoms with Gasteiger partial charge >= 0.3 is 5.76 Å². The van der Waals surface area contributed by atoms with Crippen molar-refractivity contribution in [1.29, 1.82) is 0 Å². The molecule has 3 rings (SSSR count). The maximum atomic E-state index is 11.0. The Labute approximate surface area is 102 Å². The summed E-state index contributed by atoms with van der Waals surface area (Å²) in [4.78, 5) is 17.5. The van der Waals surface area contributed by atoms with Gasteiger partial charge in [-0.25, -0.2) is 4.79 Å². The largest absolute Gasteiger partial charge is 0.417 e. The minimum Gasteiger partial charge on any atom is -0.408 e. The average Bonchev–Trinajstić information content (AvgIpc) is 2.78. The first-order valence-electron chi connectivity index (χ1n) is 5.45. The Balaban J connectivity index is 2.06. The number of aromatic nitrogens is 2. The van der Waals surface area contributed by atoms with E-state index >= 15 is 0 Å². The zero-order valence-corrected chi connectivity index (χ0v) is 9.33. The zero-order valence-electron chi connectivity index (χ0n) is 9.33. The highest BCUT2D eigenvalue weighted by atomic mass is 16.4. The lowest BCUT2D eigenvalue weighted by Crippen LogP contribution is -1.99. The van der Waals surface area contributed by atoms with Crippen LogP contribution in [0.5, 0.6) is 0 Å². The SMILES string of the molecule is O=c1[nH]c2cc(C(O)c3ccncc3)ccc2o1. The van der Waals surface area contributed by atoms with E-state index in [9.17, 15) is 9.90 Å². The van der Waals surface area contributed by atoms with Gasteiger partial charge in [0.15, 0.2) is 5.58 Å². The van der Waals surface area contributed by atoms with Gasteiger partial charge in [-0.05, 0) is 35.4 Å². The number of nitrogens with one attached hydrogen (secondary N) is 1. The molecule has 0 amide bonds. The van der Waals surface area contributed by atoms with Crippen LogP contribution in [0.2, 0.25) is 0 Å². The molecule has 1 unspecified atom stereocenters. The van der Waals surface area contributed by atoms with Crippen LogP contribution in [-0.2, 0) is 0 Å². The molecule has 3 aromatic rings. The Hall–Kier alpha value is -2.40. The number of pyridine rings is 1. The molecule has 2 N–H and O–H groups in total. The second-order valence-electron chi connectivity index (χ2n) is 3.95. The van der Waals surface area contributed by atoms with Crippen LogP contribution in [0.4, 0.5) is 0 Å². The Morgan fingerprint density at radius 3 is 2.72 bits per heavy atom. The van der Waals surface area contributed by atoms with E-state index in [0.717, 1.165) is 5.56 Å². The van der Waals surface area contributed by atoms with Gasteiger partial charge in [0.2, 0.25) is 0 Å². The van der Waals surface area contributed by atoms with Crippen molar-refractivity contribution in [3.63, 3.8) is 0 Å². The predicted octanol–water partition coefficient (Wildman–Crippen LogP) is 1.60. The lowest BCUT2D eigenvalue weighted by molar-refractivity contribution is 0.220. The van der Waals surface area contributed by atoms with Crippen LogP contribution in [0.15, 0.2) is 51.9 Å².